The minimum Gasteiger partial charge on any atom is -0.497 e. The van der Waals surface area contributed by atoms with Gasteiger partial charge < -0.3 is 14.8 Å². The fourth-order valence-corrected chi connectivity index (χ4v) is 3.04. The van der Waals surface area contributed by atoms with Crippen molar-refractivity contribution in [2.45, 2.75) is 13.0 Å². The summed E-state index contributed by atoms with van der Waals surface area (Å²) < 4.78 is 10.4. The van der Waals surface area contributed by atoms with Gasteiger partial charge in [-0.1, -0.05) is 36.4 Å². The van der Waals surface area contributed by atoms with E-state index in [2.05, 4.69) is 53.3 Å². The molecule has 0 bridgehead atoms. The lowest BCUT2D eigenvalue weighted by Crippen LogP contribution is -2.01. The standard InChI is InChI=1S/C27H28N2O2/c1-5-26(30-3)17-6-20(2)28-23-11-7-21(8-12-23)22-9-13-24(14-10-22)29-25-15-18-27(31-4)19-16-25/h5-19,26,29H,1H2,2-4H3/b17-6-,28-20?. The van der Waals surface area contributed by atoms with Crippen LogP contribution in [-0.2, 0) is 4.74 Å². The van der Waals surface area contributed by atoms with Crippen LogP contribution < -0.4 is 10.1 Å². The van der Waals surface area contributed by atoms with Crippen molar-refractivity contribution in [1.82, 2.24) is 0 Å². The molecule has 0 radical (unpaired) electrons. The summed E-state index contributed by atoms with van der Waals surface area (Å²) in [6.45, 7) is 5.71. The molecular formula is C27H28N2O2. The van der Waals surface area contributed by atoms with E-state index in [9.17, 15) is 0 Å². The van der Waals surface area contributed by atoms with Gasteiger partial charge in [-0.15, -0.1) is 6.58 Å². The van der Waals surface area contributed by atoms with Crippen molar-refractivity contribution in [2.75, 3.05) is 19.5 Å². The SMILES string of the molecule is C=CC(/C=C\C(C)=Nc1ccc(-c2ccc(Nc3ccc(OC)cc3)cc2)cc1)OC. The zero-order valence-electron chi connectivity index (χ0n) is 18.2. The number of nitrogens with one attached hydrogen (secondary N) is 1. The Balaban J connectivity index is 1.65. The van der Waals surface area contributed by atoms with Crippen molar-refractivity contribution in [2.24, 2.45) is 4.99 Å². The maximum Gasteiger partial charge on any atom is 0.119 e. The molecule has 3 aromatic rings. The van der Waals surface area contributed by atoms with Gasteiger partial charge in [-0.2, -0.15) is 0 Å². The number of allylic oxidation sites excluding steroid dienone is 1. The lowest BCUT2D eigenvalue weighted by atomic mass is 10.0. The molecule has 0 fully saturated rings. The van der Waals surface area contributed by atoms with E-state index in [0.717, 1.165) is 39.7 Å². The largest absolute Gasteiger partial charge is 0.497 e. The summed E-state index contributed by atoms with van der Waals surface area (Å²) in [6, 6.07) is 24.5. The molecule has 0 amide bonds. The van der Waals surface area contributed by atoms with Crippen LogP contribution in [0.1, 0.15) is 6.92 Å². The van der Waals surface area contributed by atoms with E-state index < -0.39 is 0 Å². The number of benzene rings is 3. The van der Waals surface area contributed by atoms with Crippen molar-refractivity contribution in [3.8, 4) is 16.9 Å². The molecule has 0 aromatic heterocycles. The third-order valence-corrected chi connectivity index (χ3v) is 4.80. The summed E-state index contributed by atoms with van der Waals surface area (Å²) in [4.78, 5) is 4.63. The summed E-state index contributed by atoms with van der Waals surface area (Å²) in [5.74, 6) is 0.843. The van der Waals surface area contributed by atoms with E-state index in [1.54, 1.807) is 20.3 Å². The van der Waals surface area contributed by atoms with Crippen LogP contribution in [0.3, 0.4) is 0 Å². The molecule has 0 aliphatic rings. The summed E-state index contributed by atoms with van der Waals surface area (Å²) in [7, 11) is 3.32. The molecule has 0 aliphatic carbocycles. The topological polar surface area (TPSA) is 42.9 Å². The Morgan fingerprint density at radius 2 is 1.42 bits per heavy atom. The van der Waals surface area contributed by atoms with E-state index in [0.29, 0.717) is 0 Å². The molecule has 1 unspecified atom stereocenters. The number of ether oxygens (including phenoxy) is 2. The highest BCUT2D eigenvalue weighted by atomic mass is 16.5. The van der Waals surface area contributed by atoms with Crippen LogP contribution in [0.5, 0.6) is 5.75 Å². The quantitative estimate of drug-likeness (QED) is 0.305. The molecular weight excluding hydrogens is 384 g/mol. The van der Waals surface area contributed by atoms with Crippen LogP contribution in [0, 0.1) is 0 Å². The molecule has 1 N–H and O–H groups in total. The second-order valence-corrected chi connectivity index (χ2v) is 7.03. The van der Waals surface area contributed by atoms with Gasteiger partial charge in [-0.3, -0.25) is 4.99 Å². The van der Waals surface area contributed by atoms with Gasteiger partial charge in [0, 0.05) is 24.2 Å². The van der Waals surface area contributed by atoms with Crippen molar-refractivity contribution < 1.29 is 9.47 Å². The second-order valence-electron chi connectivity index (χ2n) is 7.03. The molecule has 4 nitrogen and oxygen atoms in total. The van der Waals surface area contributed by atoms with Gasteiger partial charge in [0.25, 0.3) is 0 Å². The van der Waals surface area contributed by atoms with Crippen molar-refractivity contribution >= 4 is 22.8 Å². The minimum atomic E-state index is -0.102. The van der Waals surface area contributed by atoms with E-state index in [4.69, 9.17) is 9.47 Å². The molecule has 1 atom stereocenters. The van der Waals surface area contributed by atoms with Crippen molar-refractivity contribution in [3.63, 3.8) is 0 Å². The van der Waals surface area contributed by atoms with Crippen LogP contribution in [0.25, 0.3) is 11.1 Å². The highest BCUT2D eigenvalue weighted by molar-refractivity contribution is 5.94. The lowest BCUT2D eigenvalue weighted by molar-refractivity contribution is 0.178. The van der Waals surface area contributed by atoms with E-state index in [1.807, 2.05) is 55.5 Å². The monoisotopic (exact) mass is 412 g/mol. The molecule has 0 saturated heterocycles. The number of hydrogen-bond acceptors (Lipinski definition) is 4. The zero-order chi connectivity index (χ0) is 22.1. The Morgan fingerprint density at radius 3 is 1.94 bits per heavy atom. The number of rotatable bonds is 9. The van der Waals surface area contributed by atoms with Crippen molar-refractivity contribution in [1.29, 1.82) is 0 Å². The number of methoxy groups -OCH3 is 2. The summed E-state index contributed by atoms with van der Waals surface area (Å²) in [5, 5.41) is 3.40. The molecule has 0 aliphatic heterocycles. The van der Waals surface area contributed by atoms with Crippen LogP contribution in [0.4, 0.5) is 17.1 Å². The highest BCUT2D eigenvalue weighted by Gasteiger charge is 2.01. The number of anilines is 2. The van der Waals surface area contributed by atoms with Crippen LogP contribution in [0.2, 0.25) is 0 Å². The second kappa shape index (κ2) is 11.0. The Morgan fingerprint density at radius 1 is 0.871 bits per heavy atom. The Kier molecular flexibility index (Phi) is 7.79. The lowest BCUT2D eigenvalue weighted by Gasteiger charge is -2.09. The third kappa shape index (κ3) is 6.43. The number of hydrogen-bond donors (Lipinski definition) is 1. The van der Waals surface area contributed by atoms with E-state index >= 15 is 0 Å². The predicted octanol–water partition coefficient (Wildman–Crippen LogP) is 6.96. The first kappa shape index (κ1) is 22.1. The summed E-state index contributed by atoms with van der Waals surface area (Å²) >= 11 is 0. The fourth-order valence-electron chi connectivity index (χ4n) is 3.04. The first-order valence-electron chi connectivity index (χ1n) is 10.1. The maximum atomic E-state index is 5.25. The maximum absolute atomic E-state index is 5.25. The molecule has 4 heteroatoms. The molecule has 3 aromatic carbocycles. The predicted molar refractivity (Wildman–Crippen MR) is 131 cm³/mol. The molecule has 0 heterocycles. The fraction of sp³-hybridized carbons (Fsp3) is 0.148. The Hall–Kier alpha value is -3.63. The minimum absolute atomic E-state index is 0.102. The van der Waals surface area contributed by atoms with Crippen molar-refractivity contribution in [3.05, 3.63) is 97.6 Å². The smallest absolute Gasteiger partial charge is 0.119 e. The van der Waals surface area contributed by atoms with Gasteiger partial charge in [0.1, 0.15) is 5.75 Å². The zero-order valence-corrected chi connectivity index (χ0v) is 18.2. The first-order chi connectivity index (χ1) is 15.1. The van der Waals surface area contributed by atoms with Gasteiger partial charge in [-0.25, -0.2) is 0 Å². The van der Waals surface area contributed by atoms with Crippen LogP contribution in [-0.4, -0.2) is 26.0 Å². The first-order valence-corrected chi connectivity index (χ1v) is 10.1. The molecule has 0 spiro atoms. The van der Waals surface area contributed by atoms with Gasteiger partial charge in [-0.05, 0) is 72.7 Å². The van der Waals surface area contributed by atoms with E-state index in [1.165, 1.54) is 0 Å². The van der Waals surface area contributed by atoms with Gasteiger partial charge >= 0.3 is 0 Å². The average Bonchev–Trinajstić information content (AvgIpc) is 2.81. The highest BCUT2D eigenvalue weighted by Crippen LogP contribution is 2.26. The van der Waals surface area contributed by atoms with Gasteiger partial charge in [0.2, 0.25) is 0 Å². The average molecular weight is 413 g/mol. The summed E-state index contributed by atoms with van der Waals surface area (Å²) in [5.41, 5.74) is 6.17. The Labute approximate surface area is 184 Å². The normalized spacial score (nSPS) is 12.5. The van der Waals surface area contributed by atoms with Crippen LogP contribution in [0.15, 0.2) is 103 Å². The molecule has 31 heavy (non-hydrogen) atoms. The van der Waals surface area contributed by atoms with E-state index in [-0.39, 0.29) is 6.10 Å². The van der Waals surface area contributed by atoms with Crippen LogP contribution >= 0.6 is 0 Å². The summed E-state index contributed by atoms with van der Waals surface area (Å²) in [6.07, 6.45) is 5.52. The molecule has 0 saturated carbocycles. The number of nitrogens with zero attached hydrogens (tertiary/aromatic N) is 1. The molecule has 158 valence electrons. The van der Waals surface area contributed by atoms with Gasteiger partial charge in [0.05, 0.1) is 18.9 Å². The Bertz CT molecular complexity index is 1030. The number of aliphatic imine (C=N–C) groups is 1. The molecule has 3 rings (SSSR count). The third-order valence-electron chi connectivity index (χ3n) is 4.80. The van der Waals surface area contributed by atoms with Gasteiger partial charge in [0.15, 0.2) is 0 Å².